The van der Waals surface area contributed by atoms with Gasteiger partial charge in [-0.05, 0) is 63.7 Å². The number of amides is 2. The van der Waals surface area contributed by atoms with Crippen LogP contribution in [0.4, 0.5) is 5.69 Å². The molecule has 0 heterocycles. The summed E-state index contributed by atoms with van der Waals surface area (Å²) in [6.45, 7) is 8.65. The molecular formula is C22H29N3O3. The molecule has 2 amide bonds. The van der Waals surface area contributed by atoms with Crippen molar-refractivity contribution in [3.63, 3.8) is 0 Å². The van der Waals surface area contributed by atoms with E-state index in [1.54, 1.807) is 29.2 Å². The van der Waals surface area contributed by atoms with Crippen molar-refractivity contribution in [1.82, 2.24) is 10.2 Å². The van der Waals surface area contributed by atoms with Crippen LogP contribution in [-0.4, -0.2) is 41.9 Å². The molecule has 0 unspecified atom stereocenters. The number of hydrogen-bond donors (Lipinski definition) is 2. The summed E-state index contributed by atoms with van der Waals surface area (Å²) in [6.07, 6.45) is 0. The van der Waals surface area contributed by atoms with Crippen LogP contribution in [0.3, 0.4) is 0 Å². The molecule has 0 aliphatic carbocycles. The van der Waals surface area contributed by atoms with Crippen molar-refractivity contribution in [2.24, 2.45) is 0 Å². The van der Waals surface area contributed by atoms with Gasteiger partial charge in [-0.3, -0.25) is 14.5 Å². The quantitative estimate of drug-likeness (QED) is 0.730. The van der Waals surface area contributed by atoms with Crippen LogP contribution in [0.15, 0.2) is 54.6 Å². The minimum absolute atomic E-state index is 0.0930. The van der Waals surface area contributed by atoms with E-state index in [1.807, 2.05) is 58.0 Å². The number of para-hydroxylation sites is 1. The molecule has 2 aromatic rings. The molecule has 0 saturated heterocycles. The van der Waals surface area contributed by atoms with Gasteiger partial charge in [0.15, 0.2) is 0 Å². The molecule has 2 N–H and O–H groups in total. The van der Waals surface area contributed by atoms with Crippen molar-refractivity contribution in [3.05, 3.63) is 54.6 Å². The molecule has 6 heteroatoms. The highest BCUT2D eigenvalue weighted by atomic mass is 16.5. The first-order valence-electron chi connectivity index (χ1n) is 9.41. The van der Waals surface area contributed by atoms with Crippen LogP contribution in [0.25, 0.3) is 0 Å². The summed E-state index contributed by atoms with van der Waals surface area (Å²) >= 11 is 0. The van der Waals surface area contributed by atoms with E-state index in [-0.39, 0.29) is 30.4 Å². The first-order chi connectivity index (χ1) is 13.2. The lowest BCUT2D eigenvalue weighted by molar-refractivity contribution is -0.124. The Morgan fingerprint density at radius 2 is 1.46 bits per heavy atom. The fourth-order valence-corrected chi connectivity index (χ4v) is 2.57. The molecule has 6 nitrogen and oxygen atoms in total. The van der Waals surface area contributed by atoms with Crippen molar-refractivity contribution in [1.29, 1.82) is 0 Å². The summed E-state index contributed by atoms with van der Waals surface area (Å²) < 4.78 is 5.74. The van der Waals surface area contributed by atoms with Gasteiger partial charge in [0.25, 0.3) is 0 Å². The zero-order valence-electron chi connectivity index (χ0n) is 17.0. The minimum Gasteiger partial charge on any atom is -0.457 e. The zero-order chi connectivity index (χ0) is 20.6. The molecule has 2 aromatic carbocycles. The first-order valence-corrected chi connectivity index (χ1v) is 9.41. The van der Waals surface area contributed by atoms with Crippen molar-refractivity contribution in [3.8, 4) is 11.5 Å². The fourth-order valence-electron chi connectivity index (χ4n) is 2.57. The molecule has 0 aliphatic rings. The molecule has 0 aromatic heterocycles. The summed E-state index contributed by atoms with van der Waals surface area (Å²) in [5.41, 5.74) is 0.392. The van der Waals surface area contributed by atoms with E-state index in [1.165, 1.54) is 0 Å². The Balaban J connectivity index is 1.85. The fraction of sp³-hybridized carbons (Fsp3) is 0.364. The van der Waals surface area contributed by atoms with Crippen LogP contribution in [0.5, 0.6) is 11.5 Å². The van der Waals surface area contributed by atoms with Crippen molar-refractivity contribution in [2.75, 3.05) is 25.0 Å². The van der Waals surface area contributed by atoms with Gasteiger partial charge in [0.1, 0.15) is 11.5 Å². The Kier molecular flexibility index (Phi) is 7.58. The topological polar surface area (TPSA) is 70.7 Å². The first kappa shape index (κ1) is 21.4. The van der Waals surface area contributed by atoms with Gasteiger partial charge in [0.2, 0.25) is 11.8 Å². The lowest BCUT2D eigenvalue weighted by Gasteiger charge is -2.24. The molecule has 0 fully saturated rings. The van der Waals surface area contributed by atoms with Crippen LogP contribution in [-0.2, 0) is 9.59 Å². The zero-order valence-corrected chi connectivity index (χ0v) is 17.0. The van der Waals surface area contributed by atoms with Crippen LogP contribution in [0.1, 0.15) is 27.7 Å². The molecule has 28 heavy (non-hydrogen) atoms. The number of ether oxygens (including phenoxy) is 1. The van der Waals surface area contributed by atoms with E-state index in [2.05, 4.69) is 10.6 Å². The third-order valence-corrected chi connectivity index (χ3v) is 3.81. The van der Waals surface area contributed by atoms with E-state index in [9.17, 15) is 9.59 Å². The highest BCUT2D eigenvalue weighted by Crippen LogP contribution is 2.22. The van der Waals surface area contributed by atoms with Crippen molar-refractivity contribution >= 4 is 17.5 Å². The second-order valence-electron chi connectivity index (χ2n) is 7.59. The number of rotatable bonds is 8. The van der Waals surface area contributed by atoms with Gasteiger partial charge in [0.05, 0.1) is 13.1 Å². The number of likely N-dealkylation sites (N-methyl/N-ethyl adjacent to an activating group) is 1. The second-order valence-corrected chi connectivity index (χ2v) is 7.59. The lowest BCUT2D eigenvalue weighted by atomic mass is 10.1. The van der Waals surface area contributed by atoms with Gasteiger partial charge in [0, 0.05) is 11.2 Å². The summed E-state index contributed by atoms with van der Waals surface area (Å²) in [6, 6.07) is 16.7. The normalized spacial score (nSPS) is 11.2. The summed E-state index contributed by atoms with van der Waals surface area (Å²) in [7, 11) is 0. The monoisotopic (exact) mass is 383 g/mol. The Bertz CT molecular complexity index is 768. The molecule has 2 rings (SSSR count). The Morgan fingerprint density at radius 3 is 2.04 bits per heavy atom. The van der Waals surface area contributed by atoms with Crippen molar-refractivity contribution < 1.29 is 14.3 Å². The molecule has 0 aliphatic heterocycles. The molecule has 0 bridgehead atoms. The summed E-state index contributed by atoms with van der Waals surface area (Å²) in [5.74, 6) is 1.19. The van der Waals surface area contributed by atoms with Gasteiger partial charge in [-0.1, -0.05) is 25.1 Å². The van der Waals surface area contributed by atoms with E-state index < -0.39 is 0 Å². The Morgan fingerprint density at radius 1 is 0.893 bits per heavy atom. The third kappa shape index (κ3) is 7.80. The van der Waals surface area contributed by atoms with Crippen LogP contribution in [0, 0.1) is 0 Å². The largest absolute Gasteiger partial charge is 0.457 e. The number of carbonyl (C=O) groups excluding carboxylic acids is 2. The highest BCUT2D eigenvalue weighted by molar-refractivity contribution is 5.92. The van der Waals surface area contributed by atoms with Crippen LogP contribution >= 0.6 is 0 Å². The number of nitrogens with one attached hydrogen (secondary N) is 2. The highest BCUT2D eigenvalue weighted by Gasteiger charge is 2.17. The van der Waals surface area contributed by atoms with E-state index in [0.717, 1.165) is 5.75 Å². The van der Waals surface area contributed by atoms with Gasteiger partial charge < -0.3 is 15.4 Å². The standard InChI is InChI=1S/C22H29N3O3/c1-5-25(16-21(27)24-22(2,3)4)15-20(26)23-17-11-13-19(14-12-17)28-18-9-7-6-8-10-18/h6-14H,5,15-16H2,1-4H3,(H,23,26)(H,24,27). The Hall–Kier alpha value is -2.86. The molecule has 0 saturated carbocycles. The van der Waals surface area contributed by atoms with Crippen LogP contribution < -0.4 is 15.4 Å². The van der Waals surface area contributed by atoms with Gasteiger partial charge in [-0.2, -0.15) is 0 Å². The third-order valence-electron chi connectivity index (χ3n) is 3.81. The second kappa shape index (κ2) is 9.90. The lowest BCUT2D eigenvalue weighted by Crippen LogP contribution is -2.47. The summed E-state index contributed by atoms with van der Waals surface area (Å²) in [4.78, 5) is 26.2. The Labute approximate surface area is 166 Å². The number of carbonyl (C=O) groups is 2. The average molecular weight is 383 g/mol. The minimum atomic E-state index is -0.289. The number of nitrogens with zero attached hydrogens (tertiary/aromatic N) is 1. The van der Waals surface area contributed by atoms with Crippen molar-refractivity contribution in [2.45, 2.75) is 33.2 Å². The van der Waals surface area contributed by atoms with Crippen LogP contribution in [0.2, 0.25) is 0 Å². The molecular weight excluding hydrogens is 354 g/mol. The number of anilines is 1. The summed E-state index contributed by atoms with van der Waals surface area (Å²) in [5, 5.41) is 5.76. The average Bonchev–Trinajstić information content (AvgIpc) is 2.62. The molecule has 0 atom stereocenters. The van der Waals surface area contributed by atoms with Gasteiger partial charge >= 0.3 is 0 Å². The predicted molar refractivity (Wildman–Crippen MR) is 112 cm³/mol. The van der Waals surface area contributed by atoms with E-state index >= 15 is 0 Å². The maximum Gasteiger partial charge on any atom is 0.238 e. The molecule has 150 valence electrons. The van der Waals surface area contributed by atoms with Gasteiger partial charge in [-0.15, -0.1) is 0 Å². The van der Waals surface area contributed by atoms with E-state index in [0.29, 0.717) is 18.0 Å². The van der Waals surface area contributed by atoms with Gasteiger partial charge in [-0.25, -0.2) is 0 Å². The number of benzene rings is 2. The molecule has 0 radical (unpaired) electrons. The SMILES string of the molecule is CCN(CC(=O)Nc1ccc(Oc2ccccc2)cc1)CC(=O)NC(C)(C)C. The number of hydrogen-bond acceptors (Lipinski definition) is 4. The smallest absolute Gasteiger partial charge is 0.238 e. The maximum absolute atomic E-state index is 12.3. The predicted octanol–water partition coefficient (Wildman–Crippen LogP) is 3.65. The van der Waals surface area contributed by atoms with E-state index in [4.69, 9.17) is 4.74 Å². The maximum atomic E-state index is 12.3. The molecule has 0 spiro atoms.